The van der Waals surface area contributed by atoms with E-state index in [1.54, 1.807) is 41.5 Å². The Morgan fingerprint density at radius 3 is 1.64 bits per heavy atom. The number of rotatable bonds is 16. The van der Waals surface area contributed by atoms with E-state index in [4.69, 9.17) is 37.9 Å². The molecule has 0 aromatic heterocycles. The number of ether oxygens (including phenoxy) is 8. The first-order valence-electron chi connectivity index (χ1n) is 19.9. The highest BCUT2D eigenvalue weighted by molar-refractivity contribution is 5.76. The standard InChI is InChI=1S/C45H59NO13/c1-28(47)46-34-37(59-43(51)45(5,6)7)35(48)32(27-55-42(50)44(2,3)4)57-41(34)58-38-36(53-24-30-19-13-9-14-20-30)33(26-52-23-29-17-11-8-12-18-29)56-40(49)39(38)54-25-31-21-15-10-16-22-31/h8-22,32-41,48-49H,23-27H2,1-7H3,(H,46,47)/t32-,33-,34-,35-,36+,37-,38+,39-,40+,41+/m1/s1. The molecule has 14 nitrogen and oxygen atoms in total. The second-order valence-electron chi connectivity index (χ2n) is 16.9. The Morgan fingerprint density at radius 2 is 1.14 bits per heavy atom. The topological polar surface area (TPSA) is 178 Å². The molecule has 0 spiro atoms. The summed E-state index contributed by atoms with van der Waals surface area (Å²) >= 11 is 0. The molecule has 2 aliphatic rings. The highest BCUT2D eigenvalue weighted by atomic mass is 16.7. The van der Waals surface area contributed by atoms with Gasteiger partial charge in [-0.25, -0.2) is 0 Å². The average molecular weight is 822 g/mol. The number of aliphatic hydroxyl groups is 2. The van der Waals surface area contributed by atoms with Crippen molar-refractivity contribution in [2.24, 2.45) is 10.8 Å². The Hall–Kier alpha value is -4.25. The molecule has 10 atom stereocenters. The van der Waals surface area contributed by atoms with E-state index < -0.39 is 96.6 Å². The number of hydrogen-bond donors (Lipinski definition) is 3. The van der Waals surface area contributed by atoms with E-state index >= 15 is 0 Å². The minimum Gasteiger partial charge on any atom is -0.462 e. The normalized spacial score (nSPS) is 27.4. The van der Waals surface area contributed by atoms with Crippen molar-refractivity contribution < 1.29 is 62.5 Å². The summed E-state index contributed by atoms with van der Waals surface area (Å²) in [6.45, 7) is 11.2. The monoisotopic (exact) mass is 821 g/mol. The fraction of sp³-hybridized carbons (Fsp3) is 0.533. The molecule has 5 rings (SSSR count). The Bertz CT molecular complexity index is 1770. The zero-order chi connectivity index (χ0) is 42.7. The number of benzene rings is 3. The number of esters is 2. The van der Waals surface area contributed by atoms with Crippen molar-refractivity contribution in [3.05, 3.63) is 108 Å². The van der Waals surface area contributed by atoms with E-state index in [1.807, 2.05) is 91.0 Å². The van der Waals surface area contributed by atoms with Gasteiger partial charge in [-0.1, -0.05) is 91.0 Å². The second-order valence-corrected chi connectivity index (χ2v) is 16.9. The van der Waals surface area contributed by atoms with Crippen molar-refractivity contribution in [1.82, 2.24) is 5.32 Å². The van der Waals surface area contributed by atoms with Gasteiger partial charge in [-0.2, -0.15) is 0 Å². The first kappa shape index (κ1) is 45.8. The van der Waals surface area contributed by atoms with Crippen LogP contribution < -0.4 is 5.32 Å². The molecule has 0 saturated carbocycles. The summed E-state index contributed by atoms with van der Waals surface area (Å²) in [7, 11) is 0. The average Bonchev–Trinajstić information content (AvgIpc) is 3.19. The third kappa shape index (κ3) is 13.1. The van der Waals surface area contributed by atoms with Crippen LogP contribution in [0.2, 0.25) is 0 Å². The van der Waals surface area contributed by atoms with Crippen molar-refractivity contribution in [2.75, 3.05) is 13.2 Å². The number of carbonyl (C=O) groups excluding carboxylic acids is 3. The number of carbonyl (C=O) groups is 3. The molecule has 2 heterocycles. The smallest absolute Gasteiger partial charge is 0.311 e. The van der Waals surface area contributed by atoms with Gasteiger partial charge >= 0.3 is 11.9 Å². The number of amides is 1. The molecule has 0 bridgehead atoms. The number of aliphatic hydroxyl groups excluding tert-OH is 2. The van der Waals surface area contributed by atoms with Gasteiger partial charge in [-0.3, -0.25) is 14.4 Å². The first-order valence-corrected chi connectivity index (χ1v) is 19.9. The van der Waals surface area contributed by atoms with E-state index in [9.17, 15) is 24.6 Å². The van der Waals surface area contributed by atoms with Crippen molar-refractivity contribution >= 4 is 17.8 Å². The Morgan fingerprint density at radius 1 is 0.627 bits per heavy atom. The summed E-state index contributed by atoms with van der Waals surface area (Å²) in [5.41, 5.74) is 0.675. The Balaban J connectivity index is 1.54. The van der Waals surface area contributed by atoms with Crippen LogP contribution >= 0.6 is 0 Å². The van der Waals surface area contributed by atoms with Gasteiger partial charge < -0.3 is 53.4 Å². The van der Waals surface area contributed by atoms with Crippen LogP contribution in [0.4, 0.5) is 0 Å². The third-order valence-electron chi connectivity index (χ3n) is 9.75. The first-order chi connectivity index (χ1) is 28.0. The van der Waals surface area contributed by atoms with Crippen LogP contribution in [-0.2, 0) is 72.1 Å². The summed E-state index contributed by atoms with van der Waals surface area (Å²) in [6, 6.07) is 27.0. The van der Waals surface area contributed by atoms with Gasteiger partial charge in [0.15, 0.2) is 18.7 Å². The maximum atomic E-state index is 13.4. The van der Waals surface area contributed by atoms with Gasteiger partial charge in [0, 0.05) is 6.92 Å². The van der Waals surface area contributed by atoms with Gasteiger partial charge in [0.1, 0.15) is 49.3 Å². The molecule has 2 saturated heterocycles. The van der Waals surface area contributed by atoms with Crippen molar-refractivity contribution in [2.45, 2.75) is 130 Å². The molecule has 0 unspecified atom stereocenters. The van der Waals surface area contributed by atoms with Crippen LogP contribution in [-0.4, -0.2) is 103 Å². The number of hydrogen-bond acceptors (Lipinski definition) is 13. The molecule has 59 heavy (non-hydrogen) atoms. The summed E-state index contributed by atoms with van der Waals surface area (Å²) in [4.78, 5) is 39.2. The minimum absolute atomic E-state index is 0.0345. The van der Waals surface area contributed by atoms with E-state index in [0.29, 0.717) is 0 Å². The lowest BCUT2D eigenvalue weighted by molar-refractivity contribution is -0.354. The highest BCUT2D eigenvalue weighted by Crippen LogP contribution is 2.34. The van der Waals surface area contributed by atoms with Crippen LogP contribution in [0.1, 0.15) is 65.2 Å². The maximum absolute atomic E-state index is 13.4. The molecule has 14 heteroatoms. The van der Waals surface area contributed by atoms with Gasteiger partial charge in [-0.15, -0.1) is 0 Å². The van der Waals surface area contributed by atoms with Gasteiger partial charge in [0.25, 0.3) is 0 Å². The molecule has 0 radical (unpaired) electrons. The van der Waals surface area contributed by atoms with Crippen molar-refractivity contribution in [3.63, 3.8) is 0 Å². The van der Waals surface area contributed by atoms with Crippen molar-refractivity contribution in [3.8, 4) is 0 Å². The predicted molar refractivity (Wildman–Crippen MR) is 214 cm³/mol. The summed E-state index contributed by atoms with van der Waals surface area (Å²) in [5, 5.41) is 26.2. The third-order valence-corrected chi connectivity index (χ3v) is 9.75. The largest absolute Gasteiger partial charge is 0.462 e. The van der Waals surface area contributed by atoms with Gasteiger partial charge in [-0.05, 0) is 58.2 Å². The second kappa shape index (κ2) is 20.8. The van der Waals surface area contributed by atoms with E-state index in [1.165, 1.54) is 6.92 Å². The molecule has 322 valence electrons. The lowest BCUT2D eigenvalue weighted by atomic mass is 9.93. The van der Waals surface area contributed by atoms with Crippen LogP contribution in [0.3, 0.4) is 0 Å². The molecule has 0 aliphatic carbocycles. The summed E-state index contributed by atoms with van der Waals surface area (Å²) < 4.78 is 50.1. The zero-order valence-corrected chi connectivity index (χ0v) is 34.9. The highest BCUT2D eigenvalue weighted by Gasteiger charge is 2.54. The van der Waals surface area contributed by atoms with E-state index in [0.717, 1.165) is 16.7 Å². The maximum Gasteiger partial charge on any atom is 0.311 e. The number of nitrogens with one attached hydrogen (secondary N) is 1. The molecule has 3 aromatic carbocycles. The quantitative estimate of drug-likeness (QED) is 0.171. The molecule has 3 N–H and O–H groups in total. The summed E-state index contributed by atoms with van der Waals surface area (Å²) in [5.74, 6) is -1.78. The zero-order valence-electron chi connectivity index (χ0n) is 34.9. The van der Waals surface area contributed by atoms with Crippen LogP contribution in [0.25, 0.3) is 0 Å². The molecule has 3 aromatic rings. The molecule has 2 fully saturated rings. The van der Waals surface area contributed by atoms with Crippen LogP contribution in [0.5, 0.6) is 0 Å². The molecule has 2 aliphatic heterocycles. The lowest BCUT2D eigenvalue weighted by Crippen LogP contribution is -2.69. The van der Waals surface area contributed by atoms with Gasteiger partial charge in [0.05, 0.1) is 37.3 Å². The predicted octanol–water partition coefficient (Wildman–Crippen LogP) is 4.61. The molecule has 1 amide bonds. The van der Waals surface area contributed by atoms with E-state index in [2.05, 4.69) is 5.32 Å². The SMILES string of the molecule is CC(=O)N[C@H]1[C@H](O[C@@H]2[C@@H](OCc3ccccc3)[C@@H](O)O[C@H](COCc3ccccc3)[C@@H]2OCc2ccccc2)O[C@H](COC(=O)C(C)(C)C)[C@@H](O)[C@@H]1OC(=O)C(C)(C)C. The van der Waals surface area contributed by atoms with Crippen LogP contribution in [0.15, 0.2) is 91.0 Å². The van der Waals surface area contributed by atoms with Crippen molar-refractivity contribution in [1.29, 1.82) is 0 Å². The van der Waals surface area contributed by atoms with E-state index in [-0.39, 0.29) is 26.4 Å². The fourth-order valence-electron chi connectivity index (χ4n) is 6.49. The molecular weight excluding hydrogens is 762 g/mol. The van der Waals surface area contributed by atoms with Crippen LogP contribution in [0, 0.1) is 10.8 Å². The Kier molecular flexibility index (Phi) is 16.2. The van der Waals surface area contributed by atoms with Gasteiger partial charge in [0.2, 0.25) is 5.91 Å². The Labute approximate surface area is 346 Å². The molecular formula is C45H59NO13. The summed E-state index contributed by atoms with van der Waals surface area (Å²) in [6.07, 6.45) is -11.7. The minimum atomic E-state index is -1.58. The fourth-order valence-corrected chi connectivity index (χ4v) is 6.49. The lowest BCUT2D eigenvalue weighted by Gasteiger charge is -2.49.